The molecule has 3 N–H and O–H groups in total. The Morgan fingerprint density at radius 3 is 2.78 bits per heavy atom. The van der Waals surface area contributed by atoms with Crippen molar-refractivity contribution in [1.29, 1.82) is 0 Å². The van der Waals surface area contributed by atoms with Gasteiger partial charge >= 0.3 is 0 Å². The molecule has 1 aliphatic heterocycles. The van der Waals surface area contributed by atoms with Crippen LogP contribution in [0.5, 0.6) is 0 Å². The Morgan fingerprint density at radius 1 is 1.56 bits per heavy atom. The Kier molecular flexibility index (Phi) is 3.68. The third kappa shape index (κ3) is 2.70. The average molecular weight is 252 g/mol. The molecule has 100 valence electrons. The molecule has 6 heteroatoms. The highest BCUT2D eigenvalue weighted by atomic mass is 16.5. The van der Waals surface area contributed by atoms with E-state index in [9.17, 15) is 4.79 Å². The third-order valence-electron chi connectivity index (χ3n) is 3.23. The minimum atomic E-state index is -0.821. The number of anilines is 1. The summed E-state index contributed by atoms with van der Waals surface area (Å²) in [6.45, 7) is 5.13. The van der Waals surface area contributed by atoms with Crippen LogP contribution in [0.3, 0.4) is 0 Å². The van der Waals surface area contributed by atoms with E-state index in [4.69, 9.17) is 10.5 Å². The van der Waals surface area contributed by atoms with E-state index in [0.29, 0.717) is 31.7 Å². The average Bonchev–Trinajstić information content (AvgIpc) is 2.78. The fraction of sp³-hybridized carbons (Fsp3) is 0.667. The molecular formula is C12H20N4O2. The summed E-state index contributed by atoms with van der Waals surface area (Å²) in [5.74, 6) is -0.158. The maximum atomic E-state index is 12.1. The topological polar surface area (TPSA) is 82.2 Å². The van der Waals surface area contributed by atoms with Crippen molar-refractivity contribution in [3.63, 3.8) is 0 Å². The van der Waals surface area contributed by atoms with Gasteiger partial charge in [0.05, 0.1) is 11.9 Å². The van der Waals surface area contributed by atoms with E-state index in [0.717, 1.165) is 0 Å². The lowest BCUT2D eigenvalue weighted by molar-refractivity contribution is -0.124. The maximum Gasteiger partial charge on any atom is 0.244 e. The highest BCUT2D eigenvalue weighted by Gasteiger charge is 2.36. The van der Waals surface area contributed by atoms with Crippen molar-refractivity contribution in [3.05, 3.63) is 12.4 Å². The lowest BCUT2D eigenvalue weighted by atomic mass is 9.90. The zero-order valence-electron chi connectivity index (χ0n) is 10.8. The van der Waals surface area contributed by atoms with E-state index in [1.54, 1.807) is 10.9 Å². The standard InChI is InChI=1S/C12H20N4O2/c1-9(2)16-8-10(7-14-16)15-11(17)12(13)3-5-18-6-4-12/h7-9H,3-6,13H2,1-2H3,(H,15,17). The molecule has 2 rings (SSSR count). The summed E-state index contributed by atoms with van der Waals surface area (Å²) in [5.41, 5.74) is 5.96. The molecule has 1 fully saturated rings. The Bertz CT molecular complexity index is 421. The first-order valence-electron chi connectivity index (χ1n) is 6.23. The Balaban J connectivity index is 2.01. The summed E-state index contributed by atoms with van der Waals surface area (Å²) in [6, 6.07) is 0.269. The van der Waals surface area contributed by atoms with Crippen LogP contribution in [0, 0.1) is 0 Å². The first kappa shape index (κ1) is 13.0. The molecule has 0 aromatic carbocycles. The number of carbonyl (C=O) groups is 1. The molecule has 1 aliphatic rings. The molecule has 18 heavy (non-hydrogen) atoms. The Hall–Kier alpha value is -1.40. The number of ether oxygens (including phenoxy) is 1. The zero-order valence-corrected chi connectivity index (χ0v) is 10.8. The van der Waals surface area contributed by atoms with Crippen LogP contribution in [0.2, 0.25) is 0 Å². The number of nitrogens with two attached hydrogens (primary N) is 1. The molecule has 1 amide bonds. The van der Waals surface area contributed by atoms with Gasteiger partial charge in [-0.05, 0) is 26.7 Å². The largest absolute Gasteiger partial charge is 0.381 e. The fourth-order valence-electron chi connectivity index (χ4n) is 1.90. The number of aromatic nitrogens is 2. The molecule has 0 aliphatic carbocycles. The third-order valence-corrected chi connectivity index (χ3v) is 3.23. The van der Waals surface area contributed by atoms with Crippen LogP contribution < -0.4 is 11.1 Å². The van der Waals surface area contributed by atoms with Gasteiger partial charge in [0.25, 0.3) is 0 Å². The minimum Gasteiger partial charge on any atom is -0.381 e. The number of nitrogens with one attached hydrogen (secondary N) is 1. The zero-order chi connectivity index (χ0) is 13.2. The van der Waals surface area contributed by atoms with Crippen LogP contribution in [0.25, 0.3) is 0 Å². The summed E-state index contributed by atoms with van der Waals surface area (Å²) >= 11 is 0. The van der Waals surface area contributed by atoms with Crippen molar-refractivity contribution < 1.29 is 9.53 Å². The second kappa shape index (κ2) is 5.07. The second-order valence-electron chi connectivity index (χ2n) is 5.03. The number of amides is 1. The van der Waals surface area contributed by atoms with Crippen LogP contribution in [0.15, 0.2) is 12.4 Å². The maximum absolute atomic E-state index is 12.1. The van der Waals surface area contributed by atoms with E-state index >= 15 is 0 Å². The van der Waals surface area contributed by atoms with Gasteiger partial charge in [0.2, 0.25) is 5.91 Å². The molecule has 0 atom stereocenters. The normalized spacial score (nSPS) is 18.9. The molecule has 1 aromatic rings. The van der Waals surface area contributed by atoms with Crippen molar-refractivity contribution in [1.82, 2.24) is 9.78 Å². The van der Waals surface area contributed by atoms with Gasteiger partial charge in [-0.2, -0.15) is 5.10 Å². The summed E-state index contributed by atoms with van der Waals surface area (Å²) in [5, 5.41) is 7.00. The highest BCUT2D eigenvalue weighted by molar-refractivity contribution is 5.97. The molecule has 0 spiro atoms. The van der Waals surface area contributed by atoms with Crippen LogP contribution in [-0.4, -0.2) is 34.4 Å². The smallest absolute Gasteiger partial charge is 0.244 e. The lowest BCUT2D eigenvalue weighted by Crippen LogP contribution is -2.54. The van der Waals surface area contributed by atoms with Gasteiger partial charge in [0.15, 0.2) is 0 Å². The highest BCUT2D eigenvalue weighted by Crippen LogP contribution is 2.20. The van der Waals surface area contributed by atoms with Crippen molar-refractivity contribution in [2.24, 2.45) is 5.73 Å². The van der Waals surface area contributed by atoms with Gasteiger partial charge in [-0.25, -0.2) is 0 Å². The van der Waals surface area contributed by atoms with Crippen LogP contribution in [0.1, 0.15) is 32.7 Å². The van der Waals surface area contributed by atoms with Gasteiger partial charge < -0.3 is 15.8 Å². The molecule has 6 nitrogen and oxygen atoms in total. The molecule has 2 heterocycles. The Morgan fingerprint density at radius 2 is 2.22 bits per heavy atom. The molecule has 1 saturated heterocycles. The predicted molar refractivity (Wildman–Crippen MR) is 68.2 cm³/mol. The molecule has 0 radical (unpaired) electrons. The lowest BCUT2D eigenvalue weighted by Gasteiger charge is -2.31. The molecule has 0 saturated carbocycles. The molecule has 0 bridgehead atoms. The Labute approximate surface area is 106 Å². The van der Waals surface area contributed by atoms with Crippen molar-refractivity contribution in [2.45, 2.75) is 38.3 Å². The number of nitrogens with zero attached hydrogens (tertiary/aromatic N) is 2. The molecule has 1 aromatic heterocycles. The van der Waals surface area contributed by atoms with Crippen LogP contribution >= 0.6 is 0 Å². The van der Waals surface area contributed by atoms with Gasteiger partial charge in [-0.3, -0.25) is 9.48 Å². The van der Waals surface area contributed by atoms with Crippen molar-refractivity contribution in [2.75, 3.05) is 18.5 Å². The second-order valence-corrected chi connectivity index (χ2v) is 5.03. The summed E-state index contributed by atoms with van der Waals surface area (Å²) in [7, 11) is 0. The number of hydrogen-bond donors (Lipinski definition) is 2. The van der Waals surface area contributed by atoms with E-state index in [1.807, 2.05) is 20.0 Å². The number of rotatable bonds is 3. The first-order valence-corrected chi connectivity index (χ1v) is 6.23. The van der Waals surface area contributed by atoms with E-state index in [1.165, 1.54) is 0 Å². The van der Waals surface area contributed by atoms with Crippen molar-refractivity contribution in [3.8, 4) is 0 Å². The van der Waals surface area contributed by atoms with Gasteiger partial charge in [0.1, 0.15) is 5.54 Å². The predicted octanol–water partition coefficient (Wildman–Crippen LogP) is 0.910. The van der Waals surface area contributed by atoms with Gasteiger partial charge in [0, 0.05) is 25.5 Å². The van der Waals surface area contributed by atoms with E-state index < -0.39 is 5.54 Å². The monoisotopic (exact) mass is 252 g/mol. The number of hydrogen-bond acceptors (Lipinski definition) is 4. The van der Waals surface area contributed by atoms with Crippen molar-refractivity contribution >= 4 is 11.6 Å². The summed E-state index contributed by atoms with van der Waals surface area (Å²) < 4.78 is 7.02. The van der Waals surface area contributed by atoms with Crippen LogP contribution in [-0.2, 0) is 9.53 Å². The first-order chi connectivity index (χ1) is 8.51. The molecular weight excluding hydrogens is 232 g/mol. The summed E-state index contributed by atoms with van der Waals surface area (Å²) in [6.07, 6.45) is 4.56. The number of carbonyl (C=O) groups excluding carboxylic acids is 1. The quantitative estimate of drug-likeness (QED) is 0.837. The SMILES string of the molecule is CC(C)n1cc(NC(=O)C2(N)CCOCC2)cn1. The summed E-state index contributed by atoms with van der Waals surface area (Å²) in [4.78, 5) is 12.1. The molecule has 0 unspecified atom stereocenters. The fourth-order valence-corrected chi connectivity index (χ4v) is 1.90. The van der Waals surface area contributed by atoms with Gasteiger partial charge in [-0.15, -0.1) is 0 Å². The minimum absolute atomic E-state index is 0.158. The van der Waals surface area contributed by atoms with E-state index in [2.05, 4.69) is 10.4 Å². The van der Waals surface area contributed by atoms with Gasteiger partial charge in [-0.1, -0.05) is 0 Å². The van der Waals surface area contributed by atoms with Crippen LogP contribution in [0.4, 0.5) is 5.69 Å². The van der Waals surface area contributed by atoms with E-state index in [-0.39, 0.29) is 11.9 Å².